The first-order valence-electron chi connectivity index (χ1n) is 4.63. The Morgan fingerprint density at radius 1 is 1.40 bits per heavy atom. The van der Waals surface area contributed by atoms with Crippen LogP contribution in [-0.2, 0) is 6.54 Å². The van der Waals surface area contributed by atoms with E-state index < -0.39 is 0 Å². The third-order valence-electron chi connectivity index (χ3n) is 1.74. The van der Waals surface area contributed by atoms with Gasteiger partial charge in [0.2, 0.25) is 5.78 Å². The minimum absolute atomic E-state index is 0.162. The summed E-state index contributed by atoms with van der Waals surface area (Å²) < 4.78 is 0. The van der Waals surface area contributed by atoms with Gasteiger partial charge in [0.1, 0.15) is 5.82 Å². The molecule has 1 aromatic rings. The monoisotopic (exact) mass is 209 g/mol. The summed E-state index contributed by atoms with van der Waals surface area (Å²) >= 11 is 0. The standard InChI is InChI=1S/C9H15N5O/c1-11-4-6-3-8(10)14-9(13-6)7(15)5-12-2/h3,11-12H,4-5H2,1-2H3,(H2,10,13,14). The second kappa shape index (κ2) is 5.38. The van der Waals surface area contributed by atoms with E-state index in [9.17, 15) is 4.79 Å². The first kappa shape index (κ1) is 11.5. The topological polar surface area (TPSA) is 92.9 Å². The molecule has 15 heavy (non-hydrogen) atoms. The number of carbonyl (C=O) groups excluding carboxylic acids is 1. The van der Waals surface area contributed by atoms with Gasteiger partial charge in [0, 0.05) is 12.6 Å². The molecule has 1 heterocycles. The third kappa shape index (κ3) is 3.26. The average molecular weight is 209 g/mol. The molecule has 0 saturated heterocycles. The van der Waals surface area contributed by atoms with Crippen molar-refractivity contribution in [3.63, 3.8) is 0 Å². The lowest BCUT2D eigenvalue weighted by molar-refractivity contribution is 0.0983. The van der Waals surface area contributed by atoms with Crippen LogP contribution in [0.3, 0.4) is 0 Å². The van der Waals surface area contributed by atoms with Crippen LogP contribution in [0.15, 0.2) is 6.07 Å². The third-order valence-corrected chi connectivity index (χ3v) is 1.74. The van der Waals surface area contributed by atoms with Gasteiger partial charge in [-0.3, -0.25) is 4.79 Å². The molecule has 0 aliphatic heterocycles. The molecular formula is C9H15N5O. The summed E-state index contributed by atoms with van der Waals surface area (Å²) in [5.74, 6) is 0.312. The van der Waals surface area contributed by atoms with E-state index in [-0.39, 0.29) is 18.2 Å². The number of likely N-dealkylation sites (N-methyl/N-ethyl adjacent to an activating group) is 1. The molecule has 0 unspecified atom stereocenters. The smallest absolute Gasteiger partial charge is 0.213 e. The molecule has 1 aromatic heterocycles. The van der Waals surface area contributed by atoms with Crippen LogP contribution in [0.4, 0.5) is 5.82 Å². The van der Waals surface area contributed by atoms with Gasteiger partial charge in [0.05, 0.1) is 12.2 Å². The quantitative estimate of drug-likeness (QED) is 0.549. The van der Waals surface area contributed by atoms with Gasteiger partial charge in [0.15, 0.2) is 5.82 Å². The summed E-state index contributed by atoms with van der Waals surface area (Å²) in [5, 5.41) is 5.69. The van der Waals surface area contributed by atoms with Gasteiger partial charge in [-0.1, -0.05) is 0 Å². The SMILES string of the molecule is CNCC(=O)c1nc(N)cc(CNC)n1. The molecule has 0 bridgehead atoms. The van der Waals surface area contributed by atoms with E-state index in [1.807, 2.05) is 0 Å². The molecule has 0 aromatic carbocycles. The van der Waals surface area contributed by atoms with Gasteiger partial charge in [-0.05, 0) is 14.1 Å². The number of nitrogen functional groups attached to an aromatic ring is 1. The summed E-state index contributed by atoms with van der Waals surface area (Å²) in [6, 6.07) is 1.65. The van der Waals surface area contributed by atoms with E-state index in [1.54, 1.807) is 20.2 Å². The Morgan fingerprint density at radius 2 is 2.13 bits per heavy atom. The Morgan fingerprint density at radius 3 is 2.73 bits per heavy atom. The Labute approximate surface area is 88.3 Å². The number of rotatable bonds is 5. The first-order chi connectivity index (χ1) is 7.17. The van der Waals surface area contributed by atoms with Crippen LogP contribution in [0, 0.1) is 0 Å². The highest BCUT2D eigenvalue weighted by Gasteiger charge is 2.10. The highest BCUT2D eigenvalue weighted by Crippen LogP contribution is 2.03. The molecule has 0 spiro atoms. The minimum Gasteiger partial charge on any atom is -0.384 e. The molecule has 6 nitrogen and oxygen atoms in total. The van der Waals surface area contributed by atoms with Crippen molar-refractivity contribution in [3.8, 4) is 0 Å². The van der Waals surface area contributed by atoms with Gasteiger partial charge >= 0.3 is 0 Å². The average Bonchev–Trinajstić information content (AvgIpc) is 2.17. The highest BCUT2D eigenvalue weighted by atomic mass is 16.1. The molecule has 6 heteroatoms. The van der Waals surface area contributed by atoms with Crippen molar-refractivity contribution in [3.05, 3.63) is 17.6 Å². The van der Waals surface area contributed by atoms with Crippen molar-refractivity contribution < 1.29 is 4.79 Å². The Hall–Kier alpha value is -1.53. The second-order valence-electron chi connectivity index (χ2n) is 3.09. The molecule has 0 saturated carbocycles. The van der Waals surface area contributed by atoms with Gasteiger partial charge in [-0.15, -0.1) is 0 Å². The van der Waals surface area contributed by atoms with Crippen LogP contribution < -0.4 is 16.4 Å². The zero-order chi connectivity index (χ0) is 11.3. The number of hydrogen-bond donors (Lipinski definition) is 3. The number of carbonyl (C=O) groups is 1. The van der Waals surface area contributed by atoms with E-state index in [0.29, 0.717) is 18.1 Å². The number of nitrogens with zero attached hydrogens (tertiary/aromatic N) is 2. The van der Waals surface area contributed by atoms with Gasteiger partial charge < -0.3 is 16.4 Å². The molecule has 4 N–H and O–H groups in total. The number of Topliss-reactive ketones (excluding diaryl/α,β-unsaturated/α-hetero) is 1. The molecule has 0 atom stereocenters. The lowest BCUT2D eigenvalue weighted by Gasteiger charge is -2.04. The van der Waals surface area contributed by atoms with E-state index in [1.165, 1.54) is 0 Å². The predicted molar refractivity (Wildman–Crippen MR) is 57.5 cm³/mol. The number of aromatic nitrogens is 2. The largest absolute Gasteiger partial charge is 0.384 e. The maximum atomic E-state index is 11.5. The van der Waals surface area contributed by atoms with Crippen LogP contribution in [-0.4, -0.2) is 36.4 Å². The van der Waals surface area contributed by atoms with Crippen LogP contribution in [0.25, 0.3) is 0 Å². The molecule has 1 rings (SSSR count). The molecule has 0 aliphatic carbocycles. The van der Waals surface area contributed by atoms with Crippen LogP contribution in [0.5, 0.6) is 0 Å². The van der Waals surface area contributed by atoms with Crippen LogP contribution >= 0.6 is 0 Å². The molecular weight excluding hydrogens is 194 g/mol. The van der Waals surface area contributed by atoms with Gasteiger partial charge in [0.25, 0.3) is 0 Å². The Bertz CT molecular complexity index is 352. The van der Waals surface area contributed by atoms with Gasteiger partial charge in [-0.25, -0.2) is 9.97 Å². The highest BCUT2D eigenvalue weighted by molar-refractivity contribution is 5.94. The molecule has 0 amide bonds. The van der Waals surface area contributed by atoms with Crippen LogP contribution in [0.2, 0.25) is 0 Å². The minimum atomic E-state index is -0.165. The second-order valence-corrected chi connectivity index (χ2v) is 3.09. The number of anilines is 1. The number of ketones is 1. The number of hydrogen-bond acceptors (Lipinski definition) is 6. The fourth-order valence-corrected chi connectivity index (χ4v) is 1.15. The lowest BCUT2D eigenvalue weighted by atomic mass is 10.3. The summed E-state index contributed by atoms with van der Waals surface area (Å²) in [6.45, 7) is 0.773. The van der Waals surface area contributed by atoms with Crippen LogP contribution in [0.1, 0.15) is 16.3 Å². The summed E-state index contributed by atoms with van der Waals surface area (Å²) in [4.78, 5) is 19.5. The summed E-state index contributed by atoms with van der Waals surface area (Å²) in [5.41, 5.74) is 6.28. The van der Waals surface area contributed by atoms with E-state index in [2.05, 4.69) is 20.6 Å². The van der Waals surface area contributed by atoms with Crippen molar-refractivity contribution in [1.82, 2.24) is 20.6 Å². The van der Waals surface area contributed by atoms with Crippen molar-refractivity contribution in [2.75, 3.05) is 26.4 Å². The number of nitrogens with one attached hydrogen (secondary N) is 2. The fraction of sp³-hybridized carbons (Fsp3) is 0.444. The van der Waals surface area contributed by atoms with Gasteiger partial charge in [-0.2, -0.15) is 0 Å². The molecule has 0 aliphatic rings. The molecule has 82 valence electrons. The lowest BCUT2D eigenvalue weighted by Crippen LogP contribution is -2.22. The molecule has 0 fully saturated rings. The van der Waals surface area contributed by atoms with E-state index in [0.717, 1.165) is 0 Å². The van der Waals surface area contributed by atoms with Crippen molar-refractivity contribution in [2.24, 2.45) is 0 Å². The van der Waals surface area contributed by atoms with E-state index >= 15 is 0 Å². The zero-order valence-electron chi connectivity index (χ0n) is 8.87. The zero-order valence-corrected chi connectivity index (χ0v) is 8.87. The fourth-order valence-electron chi connectivity index (χ4n) is 1.15. The Balaban J connectivity index is 2.92. The van der Waals surface area contributed by atoms with Crippen molar-refractivity contribution in [2.45, 2.75) is 6.54 Å². The normalized spacial score (nSPS) is 10.3. The Kier molecular flexibility index (Phi) is 4.14. The predicted octanol–water partition coefficient (Wildman–Crippen LogP) is -0.820. The van der Waals surface area contributed by atoms with E-state index in [4.69, 9.17) is 5.73 Å². The number of nitrogens with two attached hydrogens (primary N) is 1. The van der Waals surface area contributed by atoms with Crippen molar-refractivity contribution in [1.29, 1.82) is 0 Å². The maximum absolute atomic E-state index is 11.5. The summed E-state index contributed by atoms with van der Waals surface area (Å²) in [7, 11) is 3.49. The maximum Gasteiger partial charge on any atom is 0.213 e. The summed E-state index contributed by atoms with van der Waals surface area (Å²) in [6.07, 6.45) is 0. The molecule has 0 radical (unpaired) electrons. The first-order valence-corrected chi connectivity index (χ1v) is 4.63. The van der Waals surface area contributed by atoms with Crippen molar-refractivity contribution >= 4 is 11.6 Å².